The first kappa shape index (κ1) is 12.6. The maximum atomic E-state index is 3.60. The van der Waals surface area contributed by atoms with Crippen molar-refractivity contribution < 1.29 is 0 Å². The van der Waals surface area contributed by atoms with Crippen molar-refractivity contribution in [1.82, 2.24) is 5.32 Å². The van der Waals surface area contributed by atoms with Gasteiger partial charge in [-0.2, -0.15) is 0 Å². The van der Waals surface area contributed by atoms with Gasteiger partial charge in [-0.05, 0) is 47.9 Å². The average molecular weight is 324 g/mol. The van der Waals surface area contributed by atoms with Crippen molar-refractivity contribution in [2.45, 2.75) is 45.2 Å². The van der Waals surface area contributed by atoms with Gasteiger partial charge in [-0.1, -0.05) is 29.8 Å². The van der Waals surface area contributed by atoms with E-state index in [4.69, 9.17) is 0 Å². The zero-order valence-electron chi connectivity index (χ0n) is 10.8. The molecule has 1 aromatic carbocycles. The molecule has 1 fully saturated rings. The molecule has 0 saturated heterocycles. The van der Waals surface area contributed by atoms with Crippen molar-refractivity contribution in [1.29, 1.82) is 0 Å². The number of nitrogens with one attached hydrogen (secondary N) is 1. The molecule has 0 unspecified atom stereocenters. The van der Waals surface area contributed by atoms with E-state index in [0.29, 0.717) is 6.04 Å². The maximum absolute atomic E-state index is 3.60. The molecule has 18 heavy (non-hydrogen) atoms. The Morgan fingerprint density at radius 1 is 1.39 bits per heavy atom. The van der Waals surface area contributed by atoms with E-state index in [-0.39, 0.29) is 0 Å². The van der Waals surface area contributed by atoms with Crippen LogP contribution in [0.3, 0.4) is 0 Å². The van der Waals surface area contributed by atoms with Crippen LogP contribution in [0.5, 0.6) is 0 Å². The Labute approximate surface area is 121 Å². The van der Waals surface area contributed by atoms with Gasteiger partial charge in [-0.3, -0.25) is 0 Å². The second-order valence-electron chi connectivity index (χ2n) is 5.39. The molecule has 3 rings (SSSR count). The highest BCUT2D eigenvalue weighted by molar-refractivity contribution is 9.10. The van der Waals surface area contributed by atoms with E-state index in [1.807, 2.05) is 11.3 Å². The van der Waals surface area contributed by atoms with Gasteiger partial charge in [0.15, 0.2) is 0 Å². The van der Waals surface area contributed by atoms with E-state index in [1.165, 1.54) is 27.4 Å². The van der Waals surface area contributed by atoms with E-state index in [9.17, 15) is 0 Å². The number of hydrogen-bond acceptors (Lipinski definition) is 2. The Morgan fingerprint density at radius 3 is 2.83 bits per heavy atom. The highest BCUT2D eigenvalue weighted by Gasteiger charge is 2.29. The van der Waals surface area contributed by atoms with Gasteiger partial charge in [-0.15, -0.1) is 11.3 Å². The maximum Gasteiger partial charge on any atom is 0.0349 e. The molecule has 1 aromatic heterocycles. The summed E-state index contributed by atoms with van der Waals surface area (Å²) >= 11 is 5.56. The van der Waals surface area contributed by atoms with Gasteiger partial charge in [0.2, 0.25) is 0 Å². The molecular formula is C15H18BrNS. The van der Waals surface area contributed by atoms with Crippen molar-refractivity contribution >= 4 is 37.4 Å². The van der Waals surface area contributed by atoms with Crippen LogP contribution < -0.4 is 5.32 Å². The molecule has 1 aliphatic rings. The number of halogens is 1. The number of thiophene rings is 1. The summed E-state index contributed by atoms with van der Waals surface area (Å²) in [6, 6.07) is 7.23. The zero-order chi connectivity index (χ0) is 12.7. The first-order valence-electron chi connectivity index (χ1n) is 6.59. The molecular weight excluding hydrogens is 306 g/mol. The molecule has 0 spiro atoms. The number of hydrogen-bond donors (Lipinski definition) is 1. The molecule has 1 saturated carbocycles. The predicted molar refractivity (Wildman–Crippen MR) is 83.5 cm³/mol. The van der Waals surface area contributed by atoms with Gasteiger partial charge in [0, 0.05) is 26.6 Å². The van der Waals surface area contributed by atoms with Crippen LogP contribution in [0.4, 0.5) is 0 Å². The summed E-state index contributed by atoms with van der Waals surface area (Å²) in [4.78, 5) is 1.54. The van der Waals surface area contributed by atoms with Crippen molar-refractivity contribution in [2.24, 2.45) is 0 Å². The standard InChI is InChI=1S/C15H18BrNS/c1-9(2)17-8-14-15(10-3-4-10)12-7-11(16)5-6-13(12)18-14/h5-7,9-10,17H,3-4,8H2,1-2H3. The van der Waals surface area contributed by atoms with E-state index < -0.39 is 0 Å². The minimum absolute atomic E-state index is 0.550. The lowest BCUT2D eigenvalue weighted by molar-refractivity contribution is 0.591. The number of fused-ring (bicyclic) bond motifs is 1. The van der Waals surface area contributed by atoms with Crippen molar-refractivity contribution in [3.8, 4) is 0 Å². The smallest absolute Gasteiger partial charge is 0.0349 e. The fourth-order valence-corrected chi connectivity index (χ4v) is 3.97. The van der Waals surface area contributed by atoms with Gasteiger partial charge in [0.25, 0.3) is 0 Å². The molecule has 0 radical (unpaired) electrons. The molecule has 0 bridgehead atoms. The highest BCUT2D eigenvalue weighted by atomic mass is 79.9. The molecule has 0 atom stereocenters. The topological polar surface area (TPSA) is 12.0 Å². The van der Waals surface area contributed by atoms with E-state index in [0.717, 1.165) is 12.5 Å². The van der Waals surface area contributed by atoms with Gasteiger partial charge in [0.1, 0.15) is 0 Å². The third kappa shape index (κ3) is 2.49. The third-order valence-electron chi connectivity index (χ3n) is 3.42. The van der Waals surface area contributed by atoms with Crippen LogP contribution in [0.2, 0.25) is 0 Å². The van der Waals surface area contributed by atoms with Crippen molar-refractivity contribution in [3.05, 3.63) is 33.1 Å². The van der Waals surface area contributed by atoms with Gasteiger partial charge >= 0.3 is 0 Å². The van der Waals surface area contributed by atoms with Gasteiger partial charge < -0.3 is 5.32 Å². The highest BCUT2D eigenvalue weighted by Crippen LogP contribution is 2.48. The minimum atomic E-state index is 0.550. The molecule has 1 N–H and O–H groups in total. The third-order valence-corrected chi connectivity index (χ3v) is 5.10. The Bertz CT molecular complexity index is 569. The van der Waals surface area contributed by atoms with E-state index in [1.54, 1.807) is 10.4 Å². The predicted octanol–water partition coefficient (Wildman–Crippen LogP) is 5.04. The molecule has 96 valence electrons. The Kier molecular flexibility index (Phi) is 3.48. The summed E-state index contributed by atoms with van der Waals surface area (Å²) in [5.41, 5.74) is 1.62. The Morgan fingerprint density at radius 2 is 2.17 bits per heavy atom. The lowest BCUT2D eigenvalue weighted by Gasteiger charge is -2.08. The molecule has 0 amide bonds. The molecule has 2 aromatic rings. The zero-order valence-corrected chi connectivity index (χ0v) is 13.2. The average Bonchev–Trinajstić information content (AvgIpc) is 3.08. The van der Waals surface area contributed by atoms with E-state index >= 15 is 0 Å². The van der Waals surface area contributed by atoms with Crippen LogP contribution in [0, 0.1) is 0 Å². The second kappa shape index (κ2) is 4.95. The lowest BCUT2D eigenvalue weighted by Crippen LogP contribution is -2.21. The van der Waals surface area contributed by atoms with Crippen molar-refractivity contribution in [3.63, 3.8) is 0 Å². The van der Waals surface area contributed by atoms with Crippen LogP contribution in [-0.2, 0) is 6.54 Å². The minimum Gasteiger partial charge on any atom is -0.310 e. The van der Waals surface area contributed by atoms with Crippen LogP contribution in [-0.4, -0.2) is 6.04 Å². The molecule has 0 aliphatic heterocycles. The van der Waals surface area contributed by atoms with Crippen LogP contribution in [0.25, 0.3) is 10.1 Å². The summed E-state index contributed by atoms with van der Waals surface area (Å²) in [5.74, 6) is 0.817. The first-order chi connectivity index (χ1) is 8.65. The molecule has 3 heteroatoms. The summed E-state index contributed by atoms with van der Waals surface area (Å²) < 4.78 is 2.62. The monoisotopic (exact) mass is 323 g/mol. The normalized spacial score (nSPS) is 15.8. The summed E-state index contributed by atoms with van der Waals surface area (Å²) in [6.07, 6.45) is 2.74. The summed E-state index contributed by atoms with van der Waals surface area (Å²) in [7, 11) is 0. The SMILES string of the molecule is CC(C)NCc1sc2ccc(Br)cc2c1C1CC1. The van der Waals surface area contributed by atoms with Crippen molar-refractivity contribution in [2.75, 3.05) is 0 Å². The fraction of sp³-hybridized carbons (Fsp3) is 0.467. The van der Waals surface area contributed by atoms with Crippen LogP contribution in [0.15, 0.2) is 22.7 Å². The van der Waals surface area contributed by atoms with Crippen LogP contribution in [0.1, 0.15) is 43.0 Å². The second-order valence-corrected chi connectivity index (χ2v) is 7.44. The van der Waals surface area contributed by atoms with E-state index in [2.05, 4.69) is 53.3 Å². The molecule has 1 heterocycles. The summed E-state index contributed by atoms with van der Waals surface area (Å²) in [6.45, 7) is 5.43. The van der Waals surface area contributed by atoms with Gasteiger partial charge in [0.05, 0.1) is 0 Å². The fourth-order valence-electron chi connectivity index (χ4n) is 2.39. The molecule has 1 aliphatic carbocycles. The summed E-state index contributed by atoms with van der Waals surface area (Å²) in [5, 5.41) is 5.03. The molecule has 1 nitrogen and oxygen atoms in total. The van der Waals surface area contributed by atoms with Gasteiger partial charge in [-0.25, -0.2) is 0 Å². The number of benzene rings is 1. The number of rotatable bonds is 4. The van der Waals surface area contributed by atoms with Crippen LogP contribution >= 0.6 is 27.3 Å². The Balaban J connectivity index is 2.04. The Hall–Kier alpha value is -0.380. The largest absolute Gasteiger partial charge is 0.310 e. The lowest BCUT2D eigenvalue weighted by atomic mass is 10.1. The quantitative estimate of drug-likeness (QED) is 0.831. The first-order valence-corrected chi connectivity index (χ1v) is 8.20.